The predicted molar refractivity (Wildman–Crippen MR) is 99.2 cm³/mol. The highest BCUT2D eigenvalue weighted by atomic mass is 16.6. The Morgan fingerprint density at radius 1 is 1.24 bits per heavy atom. The van der Waals surface area contributed by atoms with Gasteiger partial charge in [-0.05, 0) is 50.0 Å². The summed E-state index contributed by atoms with van der Waals surface area (Å²) in [5.41, 5.74) is 1.74. The lowest BCUT2D eigenvalue weighted by atomic mass is 9.55. The van der Waals surface area contributed by atoms with E-state index in [9.17, 15) is 4.79 Å². The summed E-state index contributed by atoms with van der Waals surface area (Å²) in [7, 11) is 0. The van der Waals surface area contributed by atoms with Crippen molar-refractivity contribution >= 4 is 5.97 Å². The maximum absolute atomic E-state index is 12.6. The number of ether oxygens (including phenoxy) is 1. The molecule has 0 bridgehead atoms. The lowest BCUT2D eigenvalue weighted by Gasteiger charge is -2.50. The van der Waals surface area contributed by atoms with Crippen LogP contribution in [-0.2, 0) is 9.53 Å². The molecule has 4 heteroatoms. The molecule has 2 saturated heterocycles. The zero-order chi connectivity index (χ0) is 17.6. The molecule has 4 aliphatic rings. The van der Waals surface area contributed by atoms with Crippen LogP contribution in [0.25, 0.3) is 0 Å². The van der Waals surface area contributed by atoms with Crippen molar-refractivity contribution in [2.24, 2.45) is 23.2 Å². The molecule has 0 N–H and O–H groups in total. The minimum atomic E-state index is 0.0702. The first-order valence-electron chi connectivity index (χ1n) is 10.3. The van der Waals surface area contributed by atoms with Crippen molar-refractivity contribution in [1.29, 1.82) is 0 Å². The van der Waals surface area contributed by atoms with Gasteiger partial charge in [0.1, 0.15) is 6.10 Å². The molecule has 4 nitrogen and oxygen atoms in total. The highest BCUT2D eigenvalue weighted by Gasteiger charge is 2.55. The molecule has 5 unspecified atom stereocenters. The first kappa shape index (κ1) is 17.5. The third-order valence-electron chi connectivity index (χ3n) is 7.69. The van der Waals surface area contributed by atoms with Crippen molar-refractivity contribution in [3.8, 4) is 0 Å². The number of rotatable bonds is 3. The zero-order valence-electron chi connectivity index (χ0n) is 16.0. The van der Waals surface area contributed by atoms with E-state index in [0.29, 0.717) is 17.3 Å². The lowest BCUT2D eigenvalue weighted by Crippen LogP contribution is -2.49. The molecule has 0 aromatic carbocycles. The van der Waals surface area contributed by atoms with Crippen molar-refractivity contribution in [1.82, 2.24) is 9.80 Å². The van der Waals surface area contributed by atoms with Crippen LogP contribution in [0, 0.1) is 23.2 Å². The van der Waals surface area contributed by atoms with Gasteiger partial charge >= 0.3 is 5.97 Å². The molecule has 4 rings (SSSR count). The van der Waals surface area contributed by atoms with Crippen LogP contribution >= 0.6 is 0 Å². The largest absolute Gasteiger partial charge is 0.462 e. The summed E-state index contributed by atoms with van der Waals surface area (Å²) in [5, 5.41) is 0. The highest BCUT2D eigenvalue weighted by molar-refractivity contribution is 5.75. The Kier molecular flexibility index (Phi) is 4.70. The third kappa shape index (κ3) is 3.16. The van der Waals surface area contributed by atoms with Crippen LogP contribution < -0.4 is 0 Å². The second-order valence-corrected chi connectivity index (χ2v) is 9.14. The summed E-state index contributed by atoms with van der Waals surface area (Å²) >= 11 is 0. The molecule has 140 valence electrons. The van der Waals surface area contributed by atoms with Crippen molar-refractivity contribution < 1.29 is 9.53 Å². The first-order chi connectivity index (χ1) is 12.0. The van der Waals surface area contributed by atoms with E-state index in [1.807, 2.05) is 0 Å². The molecule has 4 fully saturated rings. The second-order valence-electron chi connectivity index (χ2n) is 9.14. The number of hydrogen-bond acceptors (Lipinski definition) is 4. The number of carbonyl (C=O) groups excluding carboxylic acids is 1. The number of hydrogen-bond donors (Lipinski definition) is 0. The predicted octanol–water partition coefficient (Wildman–Crippen LogP) is 2.94. The second kappa shape index (κ2) is 6.70. The highest BCUT2D eigenvalue weighted by Crippen LogP contribution is 2.56. The smallest absolute Gasteiger partial charge is 0.310 e. The fourth-order valence-corrected chi connectivity index (χ4v) is 6.03. The Morgan fingerprint density at radius 2 is 1.96 bits per heavy atom. The summed E-state index contributed by atoms with van der Waals surface area (Å²) < 4.78 is 5.91. The number of piperazine rings is 1. The Bertz CT molecular complexity index is 540. The quantitative estimate of drug-likeness (QED) is 0.581. The van der Waals surface area contributed by atoms with Crippen LogP contribution in [0.15, 0.2) is 12.2 Å². The summed E-state index contributed by atoms with van der Waals surface area (Å²) in [6.07, 6.45) is 6.01. The van der Waals surface area contributed by atoms with Gasteiger partial charge in [0.25, 0.3) is 0 Å². The van der Waals surface area contributed by atoms with E-state index in [-0.39, 0.29) is 18.0 Å². The van der Waals surface area contributed by atoms with Crippen LogP contribution in [0.5, 0.6) is 0 Å². The van der Waals surface area contributed by atoms with Crippen LogP contribution in [0.1, 0.15) is 46.0 Å². The molecule has 0 radical (unpaired) electrons. The molecule has 0 amide bonds. The Morgan fingerprint density at radius 3 is 2.68 bits per heavy atom. The number of carbonyl (C=O) groups is 1. The fourth-order valence-electron chi connectivity index (χ4n) is 6.03. The van der Waals surface area contributed by atoms with E-state index >= 15 is 0 Å². The van der Waals surface area contributed by atoms with E-state index in [4.69, 9.17) is 4.74 Å². The average Bonchev–Trinajstić information content (AvgIpc) is 2.88. The van der Waals surface area contributed by atoms with Crippen LogP contribution in [0.3, 0.4) is 0 Å². The Labute approximate surface area is 152 Å². The summed E-state index contributed by atoms with van der Waals surface area (Å²) in [4.78, 5) is 17.6. The molecule has 5 atom stereocenters. The standard InChI is InChI=1S/C21H34N2O2/c1-4-22-8-10-23(11-9-22)14-17-16-12-18-15(2)6-5-7-21(18,3)13-19(16)25-20(17)24/h16-19H,2,4-14H2,1,3H3. The van der Waals surface area contributed by atoms with Crippen LogP contribution in [0.2, 0.25) is 0 Å². The number of fused-ring (bicyclic) bond motifs is 2. The minimum Gasteiger partial charge on any atom is -0.462 e. The molecule has 2 aliphatic heterocycles. The molecule has 0 spiro atoms. The molecule has 0 aromatic rings. The van der Waals surface area contributed by atoms with Gasteiger partial charge in [-0.1, -0.05) is 26.0 Å². The van der Waals surface area contributed by atoms with Gasteiger partial charge in [-0.25, -0.2) is 0 Å². The molecule has 0 aromatic heterocycles. The van der Waals surface area contributed by atoms with E-state index in [1.165, 1.54) is 24.8 Å². The van der Waals surface area contributed by atoms with E-state index < -0.39 is 0 Å². The number of nitrogens with zero attached hydrogens (tertiary/aromatic N) is 2. The monoisotopic (exact) mass is 346 g/mol. The molecule has 2 saturated carbocycles. The van der Waals surface area contributed by atoms with Gasteiger partial charge in [-0.3, -0.25) is 9.69 Å². The Balaban J connectivity index is 1.44. The summed E-state index contributed by atoms with van der Waals surface area (Å²) in [5.74, 6) is 1.15. The van der Waals surface area contributed by atoms with Crippen molar-refractivity contribution in [2.45, 2.75) is 52.1 Å². The molecular formula is C21H34N2O2. The molecule has 25 heavy (non-hydrogen) atoms. The van der Waals surface area contributed by atoms with Gasteiger partial charge in [-0.15, -0.1) is 0 Å². The van der Waals surface area contributed by atoms with Gasteiger partial charge in [0.2, 0.25) is 0 Å². The van der Waals surface area contributed by atoms with Crippen molar-refractivity contribution in [3.05, 3.63) is 12.2 Å². The molecule has 2 aliphatic carbocycles. The van der Waals surface area contributed by atoms with Gasteiger partial charge in [0.05, 0.1) is 5.92 Å². The van der Waals surface area contributed by atoms with Crippen LogP contribution in [-0.4, -0.2) is 61.1 Å². The third-order valence-corrected chi connectivity index (χ3v) is 7.69. The van der Waals surface area contributed by atoms with E-state index in [1.54, 1.807) is 0 Å². The van der Waals surface area contributed by atoms with Crippen molar-refractivity contribution in [2.75, 3.05) is 39.3 Å². The van der Waals surface area contributed by atoms with Gasteiger partial charge in [-0.2, -0.15) is 0 Å². The molecular weight excluding hydrogens is 312 g/mol. The van der Waals surface area contributed by atoms with E-state index in [0.717, 1.165) is 52.1 Å². The van der Waals surface area contributed by atoms with Gasteiger partial charge in [0.15, 0.2) is 0 Å². The summed E-state index contributed by atoms with van der Waals surface area (Å²) in [6.45, 7) is 15.5. The zero-order valence-corrected chi connectivity index (χ0v) is 16.0. The number of likely N-dealkylation sites (N-methyl/N-ethyl adjacent to an activating group) is 1. The van der Waals surface area contributed by atoms with Gasteiger partial charge in [0, 0.05) is 38.6 Å². The summed E-state index contributed by atoms with van der Waals surface area (Å²) in [6, 6.07) is 0. The normalized spacial score (nSPS) is 42.8. The lowest BCUT2D eigenvalue weighted by molar-refractivity contribution is -0.146. The van der Waals surface area contributed by atoms with Gasteiger partial charge < -0.3 is 9.64 Å². The van der Waals surface area contributed by atoms with E-state index in [2.05, 4.69) is 30.2 Å². The maximum Gasteiger partial charge on any atom is 0.310 e. The maximum atomic E-state index is 12.6. The number of allylic oxidation sites excluding steroid dienone is 1. The van der Waals surface area contributed by atoms with Crippen molar-refractivity contribution in [3.63, 3.8) is 0 Å². The fraction of sp³-hybridized carbons (Fsp3) is 0.857. The average molecular weight is 347 g/mol. The molecule has 2 heterocycles. The number of esters is 1. The minimum absolute atomic E-state index is 0.0702. The van der Waals surface area contributed by atoms with Crippen LogP contribution in [0.4, 0.5) is 0 Å². The first-order valence-corrected chi connectivity index (χ1v) is 10.3. The Hall–Kier alpha value is -0.870. The SMILES string of the molecule is C=C1CCCC2(C)CC3OC(=O)C(CN4CCN(CC)CC4)C3CC12. The topological polar surface area (TPSA) is 32.8 Å².